The van der Waals surface area contributed by atoms with Gasteiger partial charge in [0.2, 0.25) is 5.91 Å². The number of fused-ring (bicyclic) bond motifs is 1. The number of aliphatic carboxylic acids is 1. The van der Waals surface area contributed by atoms with E-state index in [4.69, 9.17) is 9.84 Å². The number of alkyl halides is 3. The fourth-order valence-corrected chi connectivity index (χ4v) is 3.95. The molecule has 1 aromatic heterocycles. The van der Waals surface area contributed by atoms with Crippen molar-refractivity contribution in [1.29, 1.82) is 0 Å². The third kappa shape index (κ3) is 5.29. The summed E-state index contributed by atoms with van der Waals surface area (Å²) in [4.78, 5) is 25.3. The van der Waals surface area contributed by atoms with Gasteiger partial charge in [-0.1, -0.05) is 18.2 Å². The van der Waals surface area contributed by atoms with Gasteiger partial charge in [0, 0.05) is 12.2 Å². The molecular weight excluding hydrogens is 465 g/mol. The number of anilines is 1. The van der Waals surface area contributed by atoms with Crippen LogP contribution >= 0.6 is 0 Å². The van der Waals surface area contributed by atoms with E-state index in [0.29, 0.717) is 24.4 Å². The first kappa shape index (κ1) is 24.3. The molecule has 4 rings (SSSR count). The highest BCUT2D eigenvalue weighted by atomic mass is 19.4. The van der Waals surface area contributed by atoms with Crippen molar-refractivity contribution in [3.63, 3.8) is 0 Å². The summed E-state index contributed by atoms with van der Waals surface area (Å²) in [6.07, 6.45) is -4.22. The first-order valence-electron chi connectivity index (χ1n) is 10.8. The highest BCUT2D eigenvalue weighted by Gasteiger charge is 2.36. The average Bonchev–Trinajstić information content (AvgIpc) is 3.45. The second kappa shape index (κ2) is 9.79. The summed E-state index contributed by atoms with van der Waals surface area (Å²) in [5.41, 5.74) is 1.00. The van der Waals surface area contributed by atoms with Gasteiger partial charge >= 0.3 is 12.1 Å². The topological polar surface area (TPSA) is 96.7 Å². The molecule has 35 heavy (non-hydrogen) atoms. The Bertz CT molecular complexity index is 1230. The number of benzene rings is 2. The highest BCUT2D eigenvalue weighted by Crippen LogP contribution is 2.34. The van der Waals surface area contributed by atoms with Crippen LogP contribution in [0.25, 0.3) is 5.69 Å². The number of para-hydroxylation sites is 1. The molecule has 184 valence electrons. The first-order chi connectivity index (χ1) is 16.7. The minimum absolute atomic E-state index is 0.116. The minimum Gasteiger partial charge on any atom is -0.487 e. The van der Waals surface area contributed by atoms with Gasteiger partial charge in [-0.05, 0) is 55.4 Å². The Morgan fingerprint density at radius 1 is 1.17 bits per heavy atom. The van der Waals surface area contributed by atoms with Gasteiger partial charge in [-0.25, -0.2) is 4.68 Å². The van der Waals surface area contributed by atoms with Crippen molar-refractivity contribution in [2.24, 2.45) is 0 Å². The van der Waals surface area contributed by atoms with Crippen molar-refractivity contribution in [2.45, 2.75) is 31.7 Å². The van der Waals surface area contributed by atoms with E-state index >= 15 is 0 Å². The Balaban J connectivity index is 1.47. The summed E-state index contributed by atoms with van der Waals surface area (Å²) < 4.78 is 47.2. The molecule has 1 amide bonds. The van der Waals surface area contributed by atoms with Crippen molar-refractivity contribution in [3.8, 4) is 11.4 Å². The molecule has 2 N–H and O–H groups in total. The van der Waals surface area contributed by atoms with E-state index in [-0.39, 0.29) is 30.3 Å². The molecule has 0 radical (unpaired) electrons. The van der Waals surface area contributed by atoms with Gasteiger partial charge in [-0.3, -0.25) is 9.59 Å². The van der Waals surface area contributed by atoms with Crippen LogP contribution in [0.15, 0.2) is 54.6 Å². The first-order valence-corrected chi connectivity index (χ1v) is 10.8. The number of carboxylic acid groups (broad SMARTS) is 1. The number of carboxylic acids is 1. The molecule has 0 bridgehead atoms. The van der Waals surface area contributed by atoms with Gasteiger partial charge in [0.1, 0.15) is 29.8 Å². The van der Waals surface area contributed by atoms with Crippen LogP contribution in [0.1, 0.15) is 23.4 Å². The summed E-state index contributed by atoms with van der Waals surface area (Å²) in [5, 5.41) is 15.8. The zero-order valence-electron chi connectivity index (χ0n) is 18.7. The standard InChI is InChI=1S/C24H23F3N4O4/c1-28-19(23(33)34)13-22(32)30-10-9-15-11-18(7-8-20(15)30)35-14-16-12-21(24(25,26)27)31(29-16)17-5-3-2-4-6-17/h2-8,11-12,19,28H,9-10,13-14H2,1H3,(H,33,34). The van der Waals surface area contributed by atoms with Gasteiger partial charge in [-0.15, -0.1) is 0 Å². The van der Waals surface area contributed by atoms with Crippen molar-refractivity contribution >= 4 is 17.6 Å². The van der Waals surface area contributed by atoms with Crippen molar-refractivity contribution in [3.05, 3.63) is 71.5 Å². The SMILES string of the molecule is CNC(CC(=O)N1CCc2cc(OCc3cc(C(F)(F)F)n(-c4ccccc4)n3)ccc21)C(=O)O. The summed E-state index contributed by atoms with van der Waals surface area (Å²) in [7, 11) is 1.48. The molecular formula is C24H23F3N4O4. The van der Waals surface area contributed by atoms with Crippen LogP contribution in [0, 0.1) is 0 Å². The number of hydrogen-bond donors (Lipinski definition) is 2. The summed E-state index contributed by atoms with van der Waals surface area (Å²) >= 11 is 0. The maximum absolute atomic E-state index is 13.5. The van der Waals surface area contributed by atoms with Crippen LogP contribution in [0.4, 0.5) is 18.9 Å². The fourth-order valence-electron chi connectivity index (χ4n) is 3.95. The van der Waals surface area contributed by atoms with E-state index in [9.17, 15) is 22.8 Å². The van der Waals surface area contributed by atoms with Crippen LogP contribution < -0.4 is 15.0 Å². The molecule has 0 saturated heterocycles. The second-order valence-corrected chi connectivity index (χ2v) is 8.02. The number of carbonyl (C=O) groups is 2. The predicted molar refractivity (Wildman–Crippen MR) is 120 cm³/mol. The Morgan fingerprint density at radius 2 is 1.91 bits per heavy atom. The van der Waals surface area contributed by atoms with Crippen LogP contribution in [-0.2, 0) is 28.8 Å². The summed E-state index contributed by atoms with van der Waals surface area (Å²) in [6, 6.07) is 13.1. The van der Waals surface area contributed by atoms with E-state index < -0.39 is 23.9 Å². The number of rotatable bonds is 8. The maximum Gasteiger partial charge on any atom is 0.433 e. The lowest BCUT2D eigenvalue weighted by Crippen LogP contribution is -2.40. The maximum atomic E-state index is 13.5. The smallest absolute Gasteiger partial charge is 0.433 e. The molecule has 0 fully saturated rings. The molecule has 11 heteroatoms. The van der Waals surface area contributed by atoms with Gasteiger partial charge < -0.3 is 20.1 Å². The number of amides is 1. The Morgan fingerprint density at radius 3 is 2.57 bits per heavy atom. The second-order valence-electron chi connectivity index (χ2n) is 8.02. The number of nitrogens with one attached hydrogen (secondary N) is 1. The third-order valence-corrected chi connectivity index (χ3v) is 5.71. The Hall–Kier alpha value is -3.86. The van der Waals surface area contributed by atoms with E-state index in [1.165, 1.54) is 24.1 Å². The van der Waals surface area contributed by atoms with E-state index in [0.717, 1.165) is 16.3 Å². The van der Waals surface area contributed by atoms with Crippen molar-refractivity contribution < 1.29 is 32.6 Å². The molecule has 1 unspecified atom stereocenters. The number of ether oxygens (including phenoxy) is 1. The van der Waals surface area contributed by atoms with E-state index in [2.05, 4.69) is 10.4 Å². The molecule has 1 aliphatic heterocycles. The Labute approximate surface area is 198 Å². The number of aromatic nitrogens is 2. The molecule has 8 nitrogen and oxygen atoms in total. The number of likely N-dealkylation sites (N-methyl/N-ethyl adjacent to an activating group) is 1. The molecule has 3 aromatic rings. The lowest BCUT2D eigenvalue weighted by Gasteiger charge is -2.20. The average molecular weight is 488 g/mol. The molecule has 2 heterocycles. The monoisotopic (exact) mass is 488 g/mol. The van der Waals surface area contributed by atoms with E-state index in [1.807, 2.05) is 0 Å². The number of nitrogens with zero attached hydrogens (tertiary/aromatic N) is 3. The molecule has 2 aromatic carbocycles. The number of hydrogen-bond acceptors (Lipinski definition) is 5. The molecule has 1 atom stereocenters. The highest BCUT2D eigenvalue weighted by molar-refractivity contribution is 5.98. The van der Waals surface area contributed by atoms with Crippen LogP contribution in [0.2, 0.25) is 0 Å². The lowest BCUT2D eigenvalue weighted by atomic mass is 10.1. The van der Waals surface area contributed by atoms with Gasteiger partial charge in [0.15, 0.2) is 0 Å². The van der Waals surface area contributed by atoms with E-state index in [1.54, 1.807) is 36.4 Å². The van der Waals surface area contributed by atoms with Gasteiger partial charge in [0.25, 0.3) is 0 Å². The lowest BCUT2D eigenvalue weighted by molar-refractivity contribution is -0.143. The van der Waals surface area contributed by atoms with Crippen molar-refractivity contribution in [2.75, 3.05) is 18.5 Å². The number of carbonyl (C=O) groups excluding carboxylic acids is 1. The largest absolute Gasteiger partial charge is 0.487 e. The molecule has 0 saturated carbocycles. The zero-order chi connectivity index (χ0) is 25.2. The fraction of sp³-hybridized carbons (Fsp3) is 0.292. The molecule has 1 aliphatic rings. The van der Waals surface area contributed by atoms with Gasteiger partial charge in [0.05, 0.1) is 12.1 Å². The van der Waals surface area contributed by atoms with Crippen LogP contribution in [-0.4, -0.2) is 46.4 Å². The quantitative estimate of drug-likeness (QED) is 0.505. The predicted octanol–water partition coefficient (Wildman–Crippen LogP) is 3.42. The molecule has 0 spiro atoms. The van der Waals surface area contributed by atoms with Crippen LogP contribution in [0.5, 0.6) is 5.75 Å². The third-order valence-electron chi connectivity index (χ3n) is 5.71. The summed E-state index contributed by atoms with van der Waals surface area (Å²) in [6.45, 7) is 0.233. The Kier molecular flexibility index (Phi) is 6.79. The number of halogens is 3. The van der Waals surface area contributed by atoms with Gasteiger partial charge in [-0.2, -0.15) is 18.3 Å². The normalized spacial score (nSPS) is 14.0. The van der Waals surface area contributed by atoms with Crippen LogP contribution in [0.3, 0.4) is 0 Å². The summed E-state index contributed by atoms with van der Waals surface area (Å²) in [5.74, 6) is -0.989. The molecule has 0 aliphatic carbocycles. The van der Waals surface area contributed by atoms with Crippen molar-refractivity contribution in [1.82, 2.24) is 15.1 Å². The minimum atomic E-state index is -4.59. The zero-order valence-corrected chi connectivity index (χ0v) is 18.7.